The molecule has 0 aliphatic rings. The normalized spacial score (nSPS) is 11.8. The zero-order valence-electron chi connectivity index (χ0n) is 21.2. The Bertz CT molecular complexity index is 958. The molecule has 0 aliphatic heterocycles. The molecule has 0 aliphatic carbocycles. The number of carbonyl (C=O) groups is 2. The van der Waals surface area contributed by atoms with Crippen molar-refractivity contribution in [3.05, 3.63) is 59.2 Å². The quantitative estimate of drug-likeness (QED) is 0.103. The summed E-state index contributed by atoms with van der Waals surface area (Å²) in [6.45, 7) is 6.47. The van der Waals surface area contributed by atoms with Gasteiger partial charge in [0.1, 0.15) is 11.6 Å². The van der Waals surface area contributed by atoms with Crippen LogP contribution in [0.3, 0.4) is 0 Å². The van der Waals surface area contributed by atoms with Crippen molar-refractivity contribution in [2.75, 3.05) is 6.61 Å². The number of benzene rings is 2. The number of ketones is 1. The molecule has 0 spiro atoms. The highest BCUT2D eigenvalue weighted by atomic mass is 19.1. The van der Waals surface area contributed by atoms with Crippen molar-refractivity contribution in [3.63, 3.8) is 0 Å². The summed E-state index contributed by atoms with van der Waals surface area (Å²) in [5, 5.41) is 0. The first kappa shape index (κ1) is 28.5. The first-order valence-corrected chi connectivity index (χ1v) is 12.9. The highest BCUT2D eigenvalue weighted by Gasteiger charge is 2.20. The Kier molecular flexibility index (Phi) is 12.4. The Labute approximate surface area is 208 Å². The zero-order chi connectivity index (χ0) is 25.6. The van der Waals surface area contributed by atoms with Crippen LogP contribution in [0, 0.1) is 17.6 Å². The van der Waals surface area contributed by atoms with Crippen LogP contribution in [0.5, 0.6) is 11.5 Å². The van der Waals surface area contributed by atoms with E-state index in [4.69, 9.17) is 9.47 Å². The number of unbranched alkanes of at least 4 members (excludes halogenated alkanes) is 7. The van der Waals surface area contributed by atoms with E-state index in [9.17, 15) is 18.4 Å². The average molecular weight is 489 g/mol. The van der Waals surface area contributed by atoms with Gasteiger partial charge in [-0.1, -0.05) is 72.1 Å². The van der Waals surface area contributed by atoms with E-state index in [0.29, 0.717) is 13.0 Å². The number of esters is 1. The van der Waals surface area contributed by atoms with Gasteiger partial charge in [-0.3, -0.25) is 4.79 Å². The van der Waals surface area contributed by atoms with Gasteiger partial charge in [-0.15, -0.1) is 0 Å². The van der Waals surface area contributed by atoms with Crippen LogP contribution < -0.4 is 9.47 Å². The minimum atomic E-state index is -0.821. The molecule has 1 atom stereocenters. The van der Waals surface area contributed by atoms with Crippen LogP contribution in [0.4, 0.5) is 8.78 Å². The summed E-state index contributed by atoms with van der Waals surface area (Å²) in [5.74, 6) is -2.74. The van der Waals surface area contributed by atoms with Gasteiger partial charge < -0.3 is 9.47 Å². The van der Waals surface area contributed by atoms with Crippen molar-refractivity contribution in [2.24, 2.45) is 5.92 Å². The monoisotopic (exact) mass is 488 g/mol. The van der Waals surface area contributed by atoms with E-state index in [0.717, 1.165) is 63.5 Å². The average Bonchev–Trinajstić information content (AvgIpc) is 2.84. The lowest BCUT2D eigenvalue weighted by atomic mass is 9.93. The van der Waals surface area contributed by atoms with Crippen molar-refractivity contribution >= 4 is 11.8 Å². The van der Waals surface area contributed by atoms with Gasteiger partial charge in [-0.05, 0) is 43.2 Å². The van der Waals surface area contributed by atoms with E-state index in [1.54, 1.807) is 6.92 Å². The van der Waals surface area contributed by atoms with Gasteiger partial charge in [0, 0.05) is 12.0 Å². The molecule has 0 bridgehead atoms. The van der Waals surface area contributed by atoms with E-state index in [2.05, 4.69) is 13.8 Å². The molecular weight excluding hydrogens is 450 g/mol. The molecule has 2 aromatic carbocycles. The van der Waals surface area contributed by atoms with Gasteiger partial charge in [-0.25, -0.2) is 13.6 Å². The molecule has 2 rings (SSSR count). The maximum absolute atomic E-state index is 14.6. The first-order chi connectivity index (χ1) is 16.9. The number of hydrogen-bond acceptors (Lipinski definition) is 4. The molecule has 1 unspecified atom stereocenters. The molecule has 0 heterocycles. The first-order valence-electron chi connectivity index (χ1n) is 12.9. The van der Waals surface area contributed by atoms with Crippen LogP contribution in [0.2, 0.25) is 0 Å². The number of halogens is 2. The summed E-state index contributed by atoms with van der Waals surface area (Å²) < 4.78 is 39.6. The van der Waals surface area contributed by atoms with Crippen LogP contribution in [0.1, 0.15) is 106 Å². The largest absolute Gasteiger partial charge is 0.491 e. The molecular formula is C29H38F2O4. The fraction of sp³-hybridized carbons (Fsp3) is 0.517. The molecule has 35 heavy (non-hydrogen) atoms. The van der Waals surface area contributed by atoms with Gasteiger partial charge in [0.25, 0.3) is 0 Å². The Balaban J connectivity index is 1.92. The predicted molar refractivity (Wildman–Crippen MR) is 134 cm³/mol. The van der Waals surface area contributed by atoms with Crippen molar-refractivity contribution in [2.45, 2.75) is 85.0 Å². The van der Waals surface area contributed by atoms with Crippen molar-refractivity contribution in [1.82, 2.24) is 0 Å². The second-order valence-corrected chi connectivity index (χ2v) is 9.05. The lowest BCUT2D eigenvalue weighted by molar-refractivity contribution is 0.0733. The Hall–Kier alpha value is -2.76. The third-order valence-corrected chi connectivity index (χ3v) is 6.03. The van der Waals surface area contributed by atoms with Crippen LogP contribution in [0.15, 0.2) is 36.4 Å². The van der Waals surface area contributed by atoms with Gasteiger partial charge in [0.15, 0.2) is 17.3 Å². The van der Waals surface area contributed by atoms with E-state index in [1.165, 1.54) is 30.7 Å². The van der Waals surface area contributed by atoms with E-state index >= 15 is 0 Å². The molecule has 0 saturated heterocycles. The molecule has 0 amide bonds. The van der Waals surface area contributed by atoms with Crippen molar-refractivity contribution < 1.29 is 27.8 Å². The van der Waals surface area contributed by atoms with E-state index < -0.39 is 17.6 Å². The molecule has 192 valence electrons. The highest BCUT2D eigenvalue weighted by molar-refractivity contribution is 5.98. The third-order valence-electron chi connectivity index (χ3n) is 6.03. The van der Waals surface area contributed by atoms with Crippen LogP contribution in [-0.4, -0.2) is 18.4 Å². The molecule has 0 saturated carbocycles. The third kappa shape index (κ3) is 9.42. The SMILES string of the molecule is CCCCCCCOc1ccc(C(=O)Oc2ccc(C(=O)C(C)CCCCCC)c(F)c2)cc1F. The number of Topliss-reactive ketones (excluding diaryl/α,β-unsaturated/α-hetero) is 1. The molecule has 0 fully saturated rings. The fourth-order valence-electron chi connectivity index (χ4n) is 3.83. The number of rotatable bonds is 16. The van der Waals surface area contributed by atoms with Gasteiger partial charge in [0.05, 0.1) is 17.7 Å². The Morgan fingerprint density at radius 2 is 1.51 bits per heavy atom. The Morgan fingerprint density at radius 3 is 2.17 bits per heavy atom. The molecule has 0 N–H and O–H groups in total. The van der Waals surface area contributed by atoms with Gasteiger partial charge >= 0.3 is 5.97 Å². The van der Waals surface area contributed by atoms with Crippen LogP contribution >= 0.6 is 0 Å². The zero-order valence-corrected chi connectivity index (χ0v) is 21.2. The molecule has 0 aromatic heterocycles. The highest BCUT2D eigenvalue weighted by Crippen LogP contribution is 2.24. The molecule has 6 heteroatoms. The lowest BCUT2D eigenvalue weighted by Gasteiger charge is -2.12. The maximum Gasteiger partial charge on any atom is 0.343 e. The summed E-state index contributed by atoms with van der Waals surface area (Å²) in [5.41, 5.74) is -0.0333. The minimum Gasteiger partial charge on any atom is -0.491 e. The summed E-state index contributed by atoms with van der Waals surface area (Å²) in [7, 11) is 0. The second kappa shape index (κ2) is 15.3. The van der Waals surface area contributed by atoms with E-state index in [1.807, 2.05) is 0 Å². The molecule has 0 radical (unpaired) electrons. The van der Waals surface area contributed by atoms with Gasteiger partial charge in [-0.2, -0.15) is 0 Å². The van der Waals surface area contributed by atoms with Crippen LogP contribution in [-0.2, 0) is 0 Å². The standard InChI is InChI=1S/C29H38F2O4/c1-4-6-8-10-12-18-34-27-17-14-22(19-26(27)31)29(33)35-23-15-16-24(25(30)20-23)28(32)21(3)13-11-9-7-5-2/h14-17,19-21H,4-13,18H2,1-3H3. The van der Waals surface area contributed by atoms with Crippen LogP contribution in [0.25, 0.3) is 0 Å². The minimum absolute atomic E-state index is 0.0148. The van der Waals surface area contributed by atoms with Crippen molar-refractivity contribution in [1.29, 1.82) is 0 Å². The summed E-state index contributed by atoms with van der Waals surface area (Å²) in [6, 6.07) is 7.57. The topological polar surface area (TPSA) is 52.6 Å². The van der Waals surface area contributed by atoms with Crippen molar-refractivity contribution in [3.8, 4) is 11.5 Å². The Morgan fingerprint density at radius 1 is 0.829 bits per heavy atom. The van der Waals surface area contributed by atoms with Gasteiger partial charge in [0.2, 0.25) is 0 Å². The number of hydrogen-bond donors (Lipinski definition) is 0. The predicted octanol–water partition coefficient (Wildman–Crippen LogP) is 8.32. The smallest absolute Gasteiger partial charge is 0.343 e. The summed E-state index contributed by atoms with van der Waals surface area (Å²) in [4.78, 5) is 25.0. The lowest BCUT2D eigenvalue weighted by Crippen LogP contribution is -2.14. The maximum atomic E-state index is 14.6. The summed E-state index contributed by atoms with van der Waals surface area (Å²) in [6.07, 6.45) is 10.2. The number of ether oxygens (including phenoxy) is 2. The fourth-order valence-corrected chi connectivity index (χ4v) is 3.83. The molecule has 2 aromatic rings. The summed E-state index contributed by atoms with van der Waals surface area (Å²) >= 11 is 0. The number of carbonyl (C=O) groups excluding carboxylic acids is 2. The molecule has 4 nitrogen and oxygen atoms in total. The van der Waals surface area contributed by atoms with E-state index in [-0.39, 0.29) is 34.3 Å². The second-order valence-electron chi connectivity index (χ2n) is 9.05.